The number of hydrogen-bond donors (Lipinski definition) is 2. The number of carbonyl (C=O) groups excluding carboxylic acids is 1. The zero-order valence-electron chi connectivity index (χ0n) is 9.50. The van der Waals surface area contributed by atoms with Gasteiger partial charge in [-0.05, 0) is 31.0 Å². The van der Waals surface area contributed by atoms with Crippen LogP contribution in [0.15, 0.2) is 18.2 Å². The molecule has 0 unspecified atom stereocenters. The van der Waals surface area contributed by atoms with Crippen LogP contribution in [0.3, 0.4) is 0 Å². The normalized spacial score (nSPS) is 9.31. The number of hydrogen-bond acceptors (Lipinski definition) is 3. The summed E-state index contributed by atoms with van der Waals surface area (Å²) in [5.74, 6) is -0.178. The zero-order chi connectivity index (χ0) is 12.0. The molecule has 0 atom stereocenters. The van der Waals surface area contributed by atoms with Gasteiger partial charge in [-0.3, -0.25) is 4.79 Å². The third kappa shape index (κ3) is 3.28. The fraction of sp³-hybridized carbons (Fsp3) is 0.333. The minimum Gasteiger partial charge on any atom is -0.376 e. The summed E-state index contributed by atoms with van der Waals surface area (Å²) >= 11 is 0. The molecule has 0 aliphatic heterocycles. The monoisotopic (exact) mass is 217 g/mol. The van der Waals surface area contributed by atoms with Crippen LogP contribution in [-0.2, 0) is 4.79 Å². The Kier molecular flexibility index (Phi) is 4.34. The molecule has 16 heavy (non-hydrogen) atoms. The van der Waals surface area contributed by atoms with Crippen molar-refractivity contribution >= 4 is 11.6 Å². The fourth-order valence-corrected chi connectivity index (χ4v) is 1.32. The summed E-state index contributed by atoms with van der Waals surface area (Å²) in [5, 5.41) is 13.8. The number of rotatable bonds is 4. The summed E-state index contributed by atoms with van der Waals surface area (Å²) in [6, 6.07) is 7.75. The highest BCUT2D eigenvalue weighted by atomic mass is 16.1. The van der Waals surface area contributed by atoms with Crippen molar-refractivity contribution in [2.24, 2.45) is 0 Å². The van der Waals surface area contributed by atoms with E-state index in [0.717, 1.165) is 11.3 Å². The van der Waals surface area contributed by atoms with Crippen LogP contribution in [0, 0.1) is 25.2 Å². The molecule has 0 heterocycles. The second-order valence-electron chi connectivity index (χ2n) is 3.54. The third-order valence-corrected chi connectivity index (χ3v) is 2.41. The second kappa shape index (κ2) is 5.76. The summed E-state index contributed by atoms with van der Waals surface area (Å²) in [6.07, 6.45) is 0. The Balaban J connectivity index is 2.52. The lowest BCUT2D eigenvalue weighted by molar-refractivity contribution is -0.119. The van der Waals surface area contributed by atoms with Crippen LogP contribution in [0.1, 0.15) is 11.1 Å². The van der Waals surface area contributed by atoms with E-state index >= 15 is 0 Å². The molecule has 2 N–H and O–H groups in total. The van der Waals surface area contributed by atoms with Gasteiger partial charge >= 0.3 is 0 Å². The first-order valence-corrected chi connectivity index (χ1v) is 5.09. The van der Waals surface area contributed by atoms with E-state index in [1.807, 2.05) is 38.1 Å². The Morgan fingerprint density at radius 2 is 2.19 bits per heavy atom. The molecule has 0 saturated carbocycles. The van der Waals surface area contributed by atoms with Crippen LogP contribution in [0.25, 0.3) is 0 Å². The first-order valence-electron chi connectivity index (χ1n) is 5.09. The molecule has 0 aliphatic carbocycles. The Bertz CT molecular complexity index is 421. The Hall–Kier alpha value is -2.02. The number of anilines is 1. The number of amides is 1. The Morgan fingerprint density at radius 1 is 1.44 bits per heavy atom. The predicted octanol–water partition coefficient (Wildman–Crippen LogP) is 1.36. The molecular weight excluding hydrogens is 202 g/mol. The zero-order valence-corrected chi connectivity index (χ0v) is 9.50. The summed E-state index contributed by atoms with van der Waals surface area (Å²) in [6.45, 7) is 4.26. The highest BCUT2D eigenvalue weighted by Crippen LogP contribution is 2.17. The van der Waals surface area contributed by atoms with Crippen molar-refractivity contribution in [1.29, 1.82) is 5.26 Å². The van der Waals surface area contributed by atoms with E-state index in [-0.39, 0.29) is 19.0 Å². The molecule has 0 fully saturated rings. The maximum absolute atomic E-state index is 11.2. The standard InChI is InChI=1S/C12H15N3O/c1-9-4-3-5-11(10(9)2)15-8-12(16)14-7-6-13/h3-5,15H,7-8H2,1-2H3,(H,14,16). The average Bonchev–Trinajstić information content (AvgIpc) is 2.28. The topological polar surface area (TPSA) is 64.9 Å². The van der Waals surface area contributed by atoms with E-state index in [0.29, 0.717) is 0 Å². The second-order valence-corrected chi connectivity index (χ2v) is 3.54. The van der Waals surface area contributed by atoms with Crippen molar-refractivity contribution in [2.75, 3.05) is 18.4 Å². The van der Waals surface area contributed by atoms with Crippen molar-refractivity contribution in [3.63, 3.8) is 0 Å². The molecule has 1 aromatic rings. The lowest BCUT2D eigenvalue weighted by Crippen LogP contribution is -2.30. The molecule has 0 aliphatic rings. The van der Waals surface area contributed by atoms with Crippen LogP contribution in [0.5, 0.6) is 0 Å². The smallest absolute Gasteiger partial charge is 0.240 e. The van der Waals surface area contributed by atoms with E-state index in [1.165, 1.54) is 5.56 Å². The van der Waals surface area contributed by atoms with Gasteiger partial charge in [0, 0.05) is 5.69 Å². The summed E-state index contributed by atoms with van der Waals surface area (Å²) in [5.41, 5.74) is 3.27. The van der Waals surface area contributed by atoms with Crippen molar-refractivity contribution < 1.29 is 4.79 Å². The number of nitrogens with zero attached hydrogens (tertiary/aromatic N) is 1. The van der Waals surface area contributed by atoms with Gasteiger partial charge in [0.2, 0.25) is 5.91 Å². The van der Waals surface area contributed by atoms with E-state index in [1.54, 1.807) is 0 Å². The van der Waals surface area contributed by atoms with Gasteiger partial charge < -0.3 is 10.6 Å². The molecule has 1 amide bonds. The number of aryl methyl sites for hydroxylation is 1. The summed E-state index contributed by atoms with van der Waals surface area (Å²) in [4.78, 5) is 11.2. The van der Waals surface area contributed by atoms with Crippen LogP contribution >= 0.6 is 0 Å². The number of nitrogens with one attached hydrogen (secondary N) is 2. The number of carbonyl (C=O) groups is 1. The predicted molar refractivity (Wildman–Crippen MR) is 63.0 cm³/mol. The molecule has 1 rings (SSSR count). The van der Waals surface area contributed by atoms with Crippen LogP contribution in [-0.4, -0.2) is 19.0 Å². The van der Waals surface area contributed by atoms with Crippen molar-refractivity contribution in [3.8, 4) is 6.07 Å². The quantitative estimate of drug-likeness (QED) is 0.748. The maximum Gasteiger partial charge on any atom is 0.240 e. The first kappa shape index (κ1) is 12.1. The third-order valence-electron chi connectivity index (χ3n) is 2.41. The van der Waals surface area contributed by atoms with Crippen molar-refractivity contribution in [3.05, 3.63) is 29.3 Å². The van der Waals surface area contributed by atoms with Gasteiger partial charge in [0.05, 0.1) is 12.6 Å². The van der Waals surface area contributed by atoms with Gasteiger partial charge in [-0.2, -0.15) is 5.26 Å². The van der Waals surface area contributed by atoms with Gasteiger partial charge in [0.25, 0.3) is 0 Å². The number of benzene rings is 1. The van der Waals surface area contributed by atoms with Gasteiger partial charge in [0.1, 0.15) is 6.54 Å². The van der Waals surface area contributed by atoms with Gasteiger partial charge in [-0.15, -0.1) is 0 Å². The van der Waals surface area contributed by atoms with Gasteiger partial charge in [-0.1, -0.05) is 12.1 Å². The molecule has 0 spiro atoms. The molecule has 1 aromatic carbocycles. The average molecular weight is 217 g/mol. The van der Waals surface area contributed by atoms with E-state index in [4.69, 9.17) is 5.26 Å². The van der Waals surface area contributed by atoms with Gasteiger partial charge in [-0.25, -0.2) is 0 Å². The van der Waals surface area contributed by atoms with E-state index in [2.05, 4.69) is 10.6 Å². The van der Waals surface area contributed by atoms with E-state index < -0.39 is 0 Å². The molecular formula is C12H15N3O. The maximum atomic E-state index is 11.2. The SMILES string of the molecule is Cc1cccc(NCC(=O)NCC#N)c1C. The minimum atomic E-state index is -0.178. The first-order chi connectivity index (χ1) is 7.65. The molecule has 0 aromatic heterocycles. The van der Waals surface area contributed by atoms with Crippen LogP contribution in [0.2, 0.25) is 0 Å². The van der Waals surface area contributed by atoms with Crippen molar-refractivity contribution in [1.82, 2.24) is 5.32 Å². The lowest BCUT2D eigenvalue weighted by Gasteiger charge is -2.10. The van der Waals surface area contributed by atoms with E-state index in [9.17, 15) is 4.79 Å². The lowest BCUT2D eigenvalue weighted by atomic mass is 10.1. The summed E-state index contributed by atoms with van der Waals surface area (Å²) < 4.78 is 0. The molecule has 0 bridgehead atoms. The number of nitriles is 1. The van der Waals surface area contributed by atoms with Crippen LogP contribution in [0.4, 0.5) is 5.69 Å². The largest absolute Gasteiger partial charge is 0.376 e. The highest BCUT2D eigenvalue weighted by molar-refractivity contribution is 5.81. The van der Waals surface area contributed by atoms with Crippen LogP contribution < -0.4 is 10.6 Å². The molecule has 0 radical (unpaired) electrons. The molecule has 4 nitrogen and oxygen atoms in total. The van der Waals surface area contributed by atoms with Crippen molar-refractivity contribution in [2.45, 2.75) is 13.8 Å². The van der Waals surface area contributed by atoms with Gasteiger partial charge in [0.15, 0.2) is 0 Å². The molecule has 0 saturated heterocycles. The summed E-state index contributed by atoms with van der Waals surface area (Å²) in [7, 11) is 0. The minimum absolute atomic E-state index is 0.0489. The highest BCUT2D eigenvalue weighted by Gasteiger charge is 2.03. The Morgan fingerprint density at radius 3 is 2.88 bits per heavy atom. The fourth-order valence-electron chi connectivity index (χ4n) is 1.32. The molecule has 4 heteroatoms. The Labute approximate surface area is 95.3 Å². The molecule has 84 valence electrons.